The van der Waals surface area contributed by atoms with Crippen molar-refractivity contribution in [1.82, 2.24) is 9.78 Å². The highest BCUT2D eigenvalue weighted by Crippen LogP contribution is 2.23. The number of amides is 1. The molecule has 0 saturated carbocycles. The van der Waals surface area contributed by atoms with Crippen LogP contribution >= 0.6 is 11.6 Å². The van der Waals surface area contributed by atoms with Gasteiger partial charge in [0.1, 0.15) is 6.04 Å². The lowest BCUT2D eigenvalue weighted by atomic mass is 10.3. The number of hydrogen-bond acceptors (Lipinski definition) is 4. The van der Waals surface area contributed by atoms with Gasteiger partial charge in [0, 0.05) is 5.69 Å². The number of nitrogens with zero attached hydrogens (tertiary/aromatic N) is 3. The standard InChI is InChI=1S/C12H11ClN4O3/c1-8(12(18)14-9-5-3-2-4-6-9)16-7-10(13)11(15-16)17(19)20/h2-8H,1H3,(H,14,18). The van der Waals surface area contributed by atoms with Gasteiger partial charge in [-0.15, -0.1) is 0 Å². The zero-order chi connectivity index (χ0) is 14.7. The van der Waals surface area contributed by atoms with Gasteiger partial charge < -0.3 is 15.4 Å². The van der Waals surface area contributed by atoms with Gasteiger partial charge in [-0.05, 0) is 24.0 Å². The van der Waals surface area contributed by atoms with E-state index in [1.54, 1.807) is 31.2 Å². The van der Waals surface area contributed by atoms with E-state index in [9.17, 15) is 14.9 Å². The predicted octanol–water partition coefficient (Wildman–Crippen LogP) is 2.64. The number of carbonyl (C=O) groups excluding carboxylic acids is 1. The first-order valence-electron chi connectivity index (χ1n) is 5.74. The minimum absolute atomic E-state index is 0.102. The van der Waals surface area contributed by atoms with Gasteiger partial charge in [0.2, 0.25) is 0 Å². The second-order valence-corrected chi connectivity index (χ2v) is 4.48. The van der Waals surface area contributed by atoms with Crippen LogP contribution in [0.15, 0.2) is 36.5 Å². The number of halogens is 1. The van der Waals surface area contributed by atoms with Crippen LogP contribution in [0, 0.1) is 10.1 Å². The van der Waals surface area contributed by atoms with Gasteiger partial charge in [0.15, 0.2) is 5.02 Å². The van der Waals surface area contributed by atoms with E-state index in [0.29, 0.717) is 5.69 Å². The maximum absolute atomic E-state index is 12.0. The molecule has 0 spiro atoms. The summed E-state index contributed by atoms with van der Waals surface area (Å²) in [5.41, 5.74) is 0.636. The molecule has 8 heteroatoms. The summed E-state index contributed by atoms with van der Waals surface area (Å²) in [7, 11) is 0. The largest absolute Gasteiger partial charge is 0.408 e. The molecule has 1 unspecified atom stereocenters. The summed E-state index contributed by atoms with van der Waals surface area (Å²) in [6.45, 7) is 1.57. The number of carbonyl (C=O) groups is 1. The quantitative estimate of drug-likeness (QED) is 0.693. The van der Waals surface area contributed by atoms with Crippen molar-refractivity contribution >= 4 is 29.0 Å². The van der Waals surface area contributed by atoms with E-state index >= 15 is 0 Å². The zero-order valence-corrected chi connectivity index (χ0v) is 11.2. The van der Waals surface area contributed by atoms with Crippen LogP contribution in [0.4, 0.5) is 11.5 Å². The first-order valence-corrected chi connectivity index (χ1v) is 6.12. The molecule has 0 radical (unpaired) electrons. The number of aromatic nitrogens is 2. The van der Waals surface area contributed by atoms with Gasteiger partial charge in [0.25, 0.3) is 5.91 Å². The number of rotatable bonds is 4. The van der Waals surface area contributed by atoms with Gasteiger partial charge in [-0.2, -0.15) is 4.68 Å². The summed E-state index contributed by atoms with van der Waals surface area (Å²) >= 11 is 5.69. The smallest absolute Gasteiger partial charge is 0.358 e. The highest BCUT2D eigenvalue weighted by Gasteiger charge is 2.25. The SMILES string of the molecule is CC(C(=O)Nc1ccccc1)n1cc(Cl)c([N+](=O)[O-])n1. The average molecular weight is 295 g/mol. The molecule has 2 aromatic rings. The summed E-state index contributed by atoms with van der Waals surface area (Å²) in [4.78, 5) is 22.0. The Labute approximate surface area is 119 Å². The number of benzene rings is 1. The molecule has 0 saturated heterocycles. The predicted molar refractivity (Wildman–Crippen MR) is 73.7 cm³/mol. The van der Waals surface area contributed by atoms with Crippen LogP contribution < -0.4 is 5.32 Å². The maximum Gasteiger partial charge on any atom is 0.408 e. The van der Waals surface area contributed by atoms with Crippen molar-refractivity contribution < 1.29 is 9.72 Å². The zero-order valence-electron chi connectivity index (χ0n) is 10.5. The van der Waals surface area contributed by atoms with Crippen molar-refractivity contribution in [1.29, 1.82) is 0 Å². The van der Waals surface area contributed by atoms with E-state index in [2.05, 4.69) is 10.4 Å². The normalized spacial score (nSPS) is 11.9. The second-order valence-electron chi connectivity index (χ2n) is 4.07. The van der Waals surface area contributed by atoms with Gasteiger partial charge >= 0.3 is 5.82 Å². The van der Waals surface area contributed by atoms with Gasteiger partial charge in [-0.1, -0.05) is 29.8 Å². The molecule has 0 fully saturated rings. The number of nitrogens with one attached hydrogen (secondary N) is 1. The second kappa shape index (κ2) is 5.70. The topological polar surface area (TPSA) is 90.1 Å². The Morgan fingerprint density at radius 2 is 2.10 bits per heavy atom. The van der Waals surface area contributed by atoms with Crippen LogP contribution in [0.5, 0.6) is 0 Å². The van der Waals surface area contributed by atoms with Crippen molar-refractivity contribution in [3.8, 4) is 0 Å². The third-order valence-electron chi connectivity index (χ3n) is 2.66. The van der Waals surface area contributed by atoms with Crippen LogP contribution in [0.1, 0.15) is 13.0 Å². The van der Waals surface area contributed by atoms with E-state index in [-0.39, 0.29) is 10.9 Å². The minimum atomic E-state index is -0.721. The molecule has 0 bridgehead atoms. The fraction of sp³-hybridized carbons (Fsp3) is 0.167. The summed E-state index contributed by atoms with van der Waals surface area (Å²) in [5.74, 6) is -0.809. The Morgan fingerprint density at radius 3 is 2.65 bits per heavy atom. The molecule has 2 rings (SSSR count). The molecule has 1 aromatic carbocycles. The van der Waals surface area contributed by atoms with Crippen LogP contribution in [0.25, 0.3) is 0 Å². The lowest BCUT2D eigenvalue weighted by Crippen LogP contribution is -2.24. The summed E-state index contributed by atoms with van der Waals surface area (Å²) in [6.07, 6.45) is 1.26. The summed E-state index contributed by atoms with van der Waals surface area (Å²) in [5, 5.41) is 16.9. The van der Waals surface area contributed by atoms with Crippen molar-refractivity contribution in [2.24, 2.45) is 0 Å². The van der Waals surface area contributed by atoms with Gasteiger partial charge in [-0.25, -0.2) is 0 Å². The van der Waals surface area contributed by atoms with Crippen LogP contribution in [-0.4, -0.2) is 20.6 Å². The molecule has 1 atom stereocenters. The molecular formula is C12H11ClN4O3. The van der Waals surface area contributed by atoms with Gasteiger partial charge in [0.05, 0.1) is 11.3 Å². The van der Waals surface area contributed by atoms with Crippen molar-refractivity contribution in [2.75, 3.05) is 5.32 Å². The van der Waals surface area contributed by atoms with Crippen LogP contribution in [0.3, 0.4) is 0 Å². The lowest BCUT2D eigenvalue weighted by Gasteiger charge is -2.09. The maximum atomic E-state index is 12.0. The molecule has 1 aromatic heterocycles. The number of hydrogen-bond donors (Lipinski definition) is 1. The van der Waals surface area contributed by atoms with E-state index in [4.69, 9.17) is 11.6 Å². The molecule has 0 aliphatic rings. The van der Waals surface area contributed by atoms with Crippen molar-refractivity contribution in [2.45, 2.75) is 13.0 Å². The molecule has 7 nitrogen and oxygen atoms in total. The highest BCUT2D eigenvalue weighted by atomic mass is 35.5. The third-order valence-corrected chi connectivity index (χ3v) is 2.93. The average Bonchev–Trinajstić information content (AvgIpc) is 2.81. The Kier molecular flexibility index (Phi) is 3.99. The Hall–Kier alpha value is -2.41. The minimum Gasteiger partial charge on any atom is -0.358 e. The fourth-order valence-electron chi connectivity index (χ4n) is 1.57. The molecule has 1 N–H and O–H groups in total. The summed E-state index contributed by atoms with van der Waals surface area (Å²) in [6, 6.07) is 8.16. The van der Waals surface area contributed by atoms with E-state index in [1.807, 2.05) is 6.07 Å². The van der Waals surface area contributed by atoms with Crippen molar-refractivity contribution in [3.05, 3.63) is 51.7 Å². The molecule has 1 heterocycles. The molecule has 0 aliphatic heterocycles. The molecular weight excluding hydrogens is 284 g/mol. The number of anilines is 1. The molecule has 0 aliphatic carbocycles. The van der Waals surface area contributed by atoms with E-state index < -0.39 is 16.8 Å². The van der Waals surface area contributed by atoms with Gasteiger partial charge in [-0.3, -0.25) is 4.79 Å². The highest BCUT2D eigenvalue weighted by molar-refractivity contribution is 6.32. The fourth-order valence-corrected chi connectivity index (χ4v) is 1.78. The Morgan fingerprint density at radius 1 is 1.45 bits per heavy atom. The molecule has 20 heavy (non-hydrogen) atoms. The summed E-state index contributed by atoms with van der Waals surface area (Å²) < 4.78 is 1.17. The first kappa shape index (κ1) is 14.0. The number of para-hydroxylation sites is 1. The first-order chi connectivity index (χ1) is 9.49. The van der Waals surface area contributed by atoms with Crippen LogP contribution in [0.2, 0.25) is 5.02 Å². The number of nitro groups is 1. The lowest BCUT2D eigenvalue weighted by molar-refractivity contribution is -0.389. The molecule has 1 amide bonds. The third kappa shape index (κ3) is 2.94. The van der Waals surface area contributed by atoms with Crippen LogP contribution in [-0.2, 0) is 4.79 Å². The van der Waals surface area contributed by atoms with E-state index in [1.165, 1.54) is 10.9 Å². The molecule has 104 valence electrons. The Bertz CT molecular complexity index is 641. The Balaban J connectivity index is 2.15. The monoisotopic (exact) mass is 294 g/mol. The van der Waals surface area contributed by atoms with E-state index in [0.717, 1.165) is 0 Å². The van der Waals surface area contributed by atoms with Crippen molar-refractivity contribution in [3.63, 3.8) is 0 Å².